The van der Waals surface area contributed by atoms with E-state index in [-0.39, 0.29) is 10.8 Å². The molecule has 0 amide bonds. The van der Waals surface area contributed by atoms with Crippen molar-refractivity contribution in [3.05, 3.63) is 29.0 Å². The van der Waals surface area contributed by atoms with Crippen LogP contribution in [0.5, 0.6) is 0 Å². The minimum Gasteiger partial charge on any atom is -0.477 e. The number of hydrogen-bond acceptors (Lipinski definition) is 2. The molecule has 0 aromatic carbocycles. The largest absolute Gasteiger partial charge is 0.477 e. The number of aromatic nitrogens is 1. The average molecular weight is 157 g/mol. The van der Waals surface area contributed by atoms with Crippen LogP contribution < -0.4 is 0 Å². The third kappa shape index (κ3) is 1.45. The molecular formula is C6H3ClNO2. The summed E-state index contributed by atoms with van der Waals surface area (Å²) in [4.78, 5) is 13.7. The van der Waals surface area contributed by atoms with Crippen molar-refractivity contribution in [1.29, 1.82) is 0 Å². The standard InChI is InChI=1S/C6H3ClNO2/c7-5-3-1-2-4(8-5)6(9)10/h1-2H,(H,9,10). The lowest BCUT2D eigenvalue weighted by atomic mass is 10.4. The first-order chi connectivity index (χ1) is 4.70. The van der Waals surface area contributed by atoms with Crippen molar-refractivity contribution < 1.29 is 9.90 Å². The van der Waals surface area contributed by atoms with Gasteiger partial charge in [0.2, 0.25) is 0 Å². The van der Waals surface area contributed by atoms with Crippen LogP contribution in [0.1, 0.15) is 10.5 Å². The van der Waals surface area contributed by atoms with Crippen molar-refractivity contribution in [2.75, 3.05) is 0 Å². The van der Waals surface area contributed by atoms with E-state index >= 15 is 0 Å². The molecule has 51 valence electrons. The summed E-state index contributed by atoms with van der Waals surface area (Å²) in [6.07, 6.45) is 0. The van der Waals surface area contributed by atoms with Gasteiger partial charge in [0.05, 0.1) is 0 Å². The van der Waals surface area contributed by atoms with Crippen molar-refractivity contribution in [1.82, 2.24) is 4.98 Å². The van der Waals surface area contributed by atoms with E-state index in [0.717, 1.165) is 0 Å². The summed E-state index contributed by atoms with van der Waals surface area (Å²) in [5.74, 6) is -1.09. The quantitative estimate of drug-likeness (QED) is 0.623. The molecule has 0 fully saturated rings. The Morgan fingerprint density at radius 1 is 1.80 bits per heavy atom. The zero-order valence-electron chi connectivity index (χ0n) is 4.84. The monoisotopic (exact) mass is 156 g/mol. The number of carbonyl (C=O) groups is 1. The highest BCUT2D eigenvalue weighted by molar-refractivity contribution is 6.29. The van der Waals surface area contributed by atoms with Crippen molar-refractivity contribution in [3.8, 4) is 0 Å². The number of halogens is 1. The topological polar surface area (TPSA) is 50.2 Å². The number of hydrogen-bond donors (Lipinski definition) is 1. The average Bonchev–Trinajstić information content (AvgIpc) is 1.88. The molecule has 1 rings (SSSR count). The molecular weight excluding hydrogens is 154 g/mol. The number of nitrogens with zero attached hydrogens (tertiary/aromatic N) is 1. The predicted molar refractivity (Wildman–Crippen MR) is 35.0 cm³/mol. The molecule has 0 aliphatic heterocycles. The molecule has 1 aromatic heterocycles. The molecule has 1 radical (unpaired) electrons. The van der Waals surface area contributed by atoms with E-state index in [0.29, 0.717) is 0 Å². The first kappa shape index (κ1) is 7.02. The van der Waals surface area contributed by atoms with Gasteiger partial charge in [-0.1, -0.05) is 11.6 Å². The van der Waals surface area contributed by atoms with E-state index in [4.69, 9.17) is 16.7 Å². The van der Waals surface area contributed by atoms with Crippen LogP contribution >= 0.6 is 11.6 Å². The first-order valence-electron chi connectivity index (χ1n) is 2.47. The number of aromatic carboxylic acids is 1. The molecule has 4 heteroatoms. The molecule has 0 aliphatic rings. The van der Waals surface area contributed by atoms with Crippen LogP contribution in [0.4, 0.5) is 0 Å². The highest BCUT2D eigenvalue weighted by Gasteiger charge is 2.02. The molecule has 3 nitrogen and oxygen atoms in total. The SMILES string of the molecule is O=C(O)c1cc[c]c(Cl)n1. The Hall–Kier alpha value is -1.09. The lowest BCUT2D eigenvalue weighted by Crippen LogP contribution is -1.98. The van der Waals surface area contributed by atoms with Gasteiger partial charge in [0.25, 0.3) is 0 Å². The molecule has 0 spiro atoms. The lowest BCUT2D eigenvalue weighted by molar-refractivity contribution is 0.0690. The molecule has 1 heterocycles. The fraction of sp³-hybridized carbons (Fsp3) is 0. The third-order valence-corrected chi connectivity index (χ3v) is 1.07. The molecule has 0 bridgehead atoms. The maximum Gasteiger partial charge on any atom is 0.354 e. The maximum atomic E-state index is 10.2. The molecule has 0 saturated heterocycles. The number of pyridine rings is 1. The fourth-order valence-electron chi connectivity index (χ4n) is 0.484. The fourth-order valence-corrected chi connectivity index (χ4v) is 0.638. The molecule has 1 N–H and O–H groups in total. The summed E-state index contributed by atoms with van der Waals surface area (Å²) in [6.45, 7) is 0. The van der Waals surface area contributed by atoms with Gasteiger partial charge in [-0.25, -0.2) is 9.78 Å². The second kappa shape index (κ2) is 2.66. The summed E-state index contributed by atoms with van der Waals surface area (Å²) in [6, 6.07) is 5.26. The van der Waals surface area contributed by atoms with E-state index in [1.807, 2.05) is 0 Å². The van der Waals surface area contributed by atoms with Gasteiger partial charge in [0.1, 0.15) is 10.8 Å². The zero-order valence-corrected chi connectivity index (χ0v) is 5.59. The molecule has 1 aromatic rings. The van der Waals surface area contributed by atoms with E-state index < -0.39 is 5.97 Å². The van der Waals surface area contributed by atoms with Gasteiger partial charge in [-0.15, -0.1) is 0 Å². The van der Waals surface area contributed by atoms with Gasteiger partial charge in [-0.3, -0.25) is 0 Å². The maximum absolute atomic E-state index is 10.2. The minimum absolute atomic E-state index is 0.0660. The van der Waals surface area contributed by atoms with Gasteiger partial charge < -0.3 is 5.11 Å². The van der Waals surface area contributed by atoms with Crippen LogP contribution in [-0.4, -0.2) is 16.1 Å². The Morgan fingerprint density at radius 2 is 2.50 bits per heavy atom. The summed E-state index contributed by atoms with van der Waals surface area (Å²) in [5.41, 5.74) is -0.0660. The van der Waals surface area contributed by atoms with Crippen LogP contribution in [0.3, 0.4) is 0 Å². The van der Waals surface area contributed by atoms with Crippen LogP contribution in [0.2, 0.25) is 5.15 Å². The van der Waals surface area contributed by atoms with E-state index in [1.165, 1.54) is 12.1 Å². The van der Waals surface area contributed by atoms with Crippen LogP contribution in [0, 0.1) is 6.07 Å². The van der Waals surface area contributed by atoms with Crippen molar-refractivity contribution >= 4 is 17.6 Å². The summed E-state index contributed by atoms with van der Waals surface area (Å²) in [5, 5.41) is 8.44. The number of carboxylic acid groups (broad SMARTS) is 1. The Bertz CT molecular complexity index is 262. The van der Waals surface area contributed by atoms with Crippen molar-refractivity contribution in [3.63, 3.8) is 0 Å². The Balaban J connectivity index is 3.07. The second-order valence-corrected chi connectivity index (χ2v) is 1.93. The Morgan fingerprint density at radius 3 is 2.90 bits per heavy atom. The predicted octanol–water partition coefficient (Wildman–Crippen LogP) is 1.23. The summed E-state index contributed by atoms with van der Waals surface area (Å²) in [7, 11) is 0. The van der Waals surface area contributed by atoms with Gasteiger partial charge in [0.15, 0.2) is 0 Å². The molecule has 0 saturated carbocycles. The first-order valence-corrected chi connectivity index (χ1v) is 2.85. The van der Waals surface area contributed by atoms with Gasteiger partial charge in [0, 0.05) is 6.07 Å². The second-order valence-electron chi connectivity index (χ2n) is 1.57. The van der Waals surface area contributed by atoms with Crippen molar-refractivity contribution in [2.45, 2.75) is 0 Å². The summed E-state index contributed by atoms with van der Waals surface area (Å²) < 4.78 is 0. The Kier molecular flexibility index (Phi) is 1.87. The molecule has 0 unspecified atom stereocenters. The van der Waals surface area contributed by atoms with Gasteiger partial charge in [-0.2, -0.15) is 0 Å². The van der Waals surface area contributed by atoms with Gasteiger partial charge >= 0.3 is 5.97 Å². The van der Waals surface area contributed by atoms with Crippen molar-refractivity contribution in [2.24, 2.45) is 0 Å². The smallest absolute Gasteiger partial charge is 0.354 e. The van der Waals surface area contributed by atoms with Crippen LogP contribution in [0.15, 0.2) is 12.1 Å². The van der Waals surface area contributed by atoms with E-state index in [2.05, 4.69) is 11.1 Å². The third-order valence-electron chi connectivity index (χ3n) is 0.881. The molecule has 0 atom stereocenters. The highest BCUT2D eigenvalue weighted by Crippen LogP contribution is 2.03. The molecule has 0 aliphatic carbocycles. The lowest BCUT2D eigenvalue weighted by Gasteiger charge is -1.90. The zero-order chi connectivity index (χ0) is 7.56. The number of carboxylic acids is 1. The summed E-state index contributed by atoms with van der Waals surface area (Å²) >= 11 is 5.36. The Labute approximate surface area is 62.3 Å². The van der Waals surface area contributed by atoms with Crippen LogP contribution in [-0.2, 0) is 0 Å². The highest BCUT2D eigenvalue weighted by atomic mass is 35.5. The number of rotatable bonds is 1. The normalized spacial score (nSPS) is 9.30. The van der Waals surface area contributed by atoms with Crippen LogP contribution in [0.25, 0.3) is 0 Å². The van der Waals surface area contributed by atoms with E-state index in [9.17, 15) is 4.79 Å². The van der Waals surface area contributed by atoms with Gasteiger partial charge in [-0.05, 0) is 12.1 Å². The molecule has 10 heavy (non-hydrogen) atoms. The minimum atomic E-state index is -1.09. The van der Waals surface area contributed by atoms with E-state index in [1.54, 1.807) is 0 Å².